The van der Waals surface area contributed by atoms with E-state index in [4.69, 9.17) is 14.0 Å². The summed E-state index contributed by atoms with van der Waals surface area (Å²) in [5.41, 5.74) is 1.42. The molecule has 0 radical (unpaired) electrons. The van der Waals surface area contributed by atoms with Crippen LogP contribution < -0.4 is 14.8 Å². The van der Waals surface area contributed by atoms with Crippen LogP contribution in [0.25, 0.3) is 0 Å². The van der Waals surface area contributed by atoms with Gasteiger partial charge in [0.15, 0.2) is 17.3 Å². The van der Waals surface area contributed by atoms with Crippen LogP contribution in [-0.4, -0.2) is 17.9 Å². The Labute approximate surface area is 128 Å². The zero-order valence-electron chi connectivity index (χ0n) is 12.6. The highest BCUT2D eigenvalue weighted by Crippen LogP contribution is 2.32. The van der Waals surface area contributed by atoms with Crippen LogP contribution in [0, 0.1) is 5.92 Å². The second-order valence-electron chi connectivity index (χ2n) is 5.63. The molecule has 2 heterocycles. The number of carbonyl (C=O) groups is 1. The molecule has 1 aromatic carbocycles. The minimum Gasteiger partial charge on any atom is -0.454 e. The monoisotopic (exact) mass is 302 g/mol. The van der Waals surface area contributed by atoms with Gasteiger partial charge in [-0.1, -0.05) is 19.0 Å². The second-order valence-corrected chi connectivity index (χ2v) is 5.63. The molecule has 2 aromatic rings. The molecule has 0 unspecified atom stereocenters. The van der Waals surface area contributed by atoms with Crippen molar-refractivity contribution in [2.24, 2.45) is 5.92 Å². The van der Waals surface area contributed by atoms with Crippen molar-refractivity contribution in [3.05, 3.63) is 41.3 Å². The maximum absolute atomic E-state index is 12.1. The number of amides is 1. The first-order valence-electron chi connectivity index (χ1n) is 7.24. The Morgan fingerprint density at radius 3 is 2.91 bits per heavy atom. The summed E-state index contributed by atoms with van der Waals surface area (Å²) in [6.07, 6.45) is 0.861. The molecule has 6 heteroatoms. The van der Waals surface area contributed by atoms with Crippen LogP contribution >= 0.6 is 0 Å². The van der Waals surface area contributed by atoms with E-state index in [2.05, 4.69) is 24.3 Å². The van der Waals surface area contributed by atoms with Crippen LogP contribution in [0.3, 0.4) is 0 Å². The Bertz CT molecular complexity index is 679. The van der Waals surface area contributed by atoms with E-state index < -0.39 is 0 Å². The number of nitrogens with zero attached hydrogens (tertiary/aromatic N) is 1. The van der Waals surface area contributed by atoms with Gasteiger partial charge in [0.25, 0.3) is 5.91 Å². The average molecular weight is 302 g/mol. The summed E-state index contributed by atoms with van der Waals surface area (Å²) in [4.78, 5) is 12.1. The molecule has 1 amide bonds. The Morgan fingerprint density at radius 2 is 2.09 bits per heavy atom. The van der Waals surface area contributed by atoms with E-state index in [1.807, 2.05) is 6.07 Å². The van der Waals surface area contributed by atoms with Gasteiger partial charge in [0.05, 0.1) is 12.2 Å². The first-order chi connectivity index (χ1) is 10.6. The van der Waals surface area contributed by atoms with E-state index >= 15 is 0 Å². The summed E-state index contributed by atoms with van der Waals surface area (Å²) in [6, 6.07) is 6.97. The lowest BCUT2D eigenvalue weighted by atomic mass is 10.1. The number of carbonyl (C=O) groups excluding carboxylic acids is 1. The number of rotatable bonds is 5. The summed E-state index contributed by atoms with van der Waals surface area (Å²) in [5.74, 6) is 2.21. The third-order valence-electron chi connectivity index (χ3n) is 3.28. The van der Waals surface area contributed by atoms with Crippen molar-refractivity contribution in [2.75, 3.05) is 6.79 Å². The van der Waals surface area contributed by atoms with Gasteiger partial charge in [0.1, 0.15) is 0 Å². The molecular weight excluding hydrogens is 284 g/mol. The third kappa shape index (κ3) is 3.21. The predicted octanol–water partition coefficient (Wildman–Crippen LogP) is 2.53. The molecule has 6 nitrogen and oxygen atoms in total. The second kappa shape index (κ2) is 6.09. The molecule has 1 aliphatic rings. The molecule has 0 aliphatic carbocycles. The van der Waals surface area contributed by atoms with Crippen LogP contribution in [0.1, 0.15) is 35.7 Å². The molecule has 0 bridgehead atoms. The van der Waals surface area contributed by atoms with Crippen LogP contribution in [-0.2, 0) is 13.0 Å². The lowest BCUT2D eigenvalue weighted by molar-refractivity contribution is 0.0946. The number of aromatic nitrogens is 1. The van der Waals surface area contributed by atoms with E-state index in [0.29, 0.717) is 35.3 Å². The molecule has 1 aromatic heterocycles. The molecular formula is C16H18N2O4. The Balaban J connectivity index is 1.59. The van der Waals surface area contributed by atoms with Crippen molar-refractivity contribution in [2.45, 2.75) is 26.8 Å². The molecule has 0 spiro atoms. The minimum absolute atomic E-state index is 0.192. The van der Waals surface area contributed by atoms with E-state index in [1.165, 1.54) is 0 Å². The van der Waals surface area contributed by atoms with Crippen molar-refractivity contribution in [1.29, 1.82) is 0 Å². The molecule has 3 rings (SSSR count). The topological polar surface area (TPSA) is 73.6 Å². The highest BCUT2D eigenvalue weighted by molar-refractivity contribution is 5.94. The molecule has 116 valence electrons. The highest BCUT2D eigenvalue weighted by Gasteiger charge is 2.16. The van der Waals surface area contributed by atoms with Crippen molar-refractivity contribution >= 4 is 5.91 Å². The maximum atomic E-state index is 12.1. The Morgan fingerprint density at radius 1 is 1.27 bits per heavy atom. The summed E-state index contributed by atoms with van der Waals surface area (Å²) in [5, 5.41) is 6.80. The molecule has 0 saturated carbocycles. The summed E-state index contributed by atoms with van der Waals surface area (Å²) in [7, 11) is 0. The molecule has 1 aliphatic heterocycles. The molecule has 0 fully saturated rings. The minimum atomic E-state index is -0.194. The quantitative estimate of drug-likeness (QED) is 0.918. The fraction of sp³-hybridized carbons (Fsp3) is 0.375. The van der Waals surface area contributed by atoms with Gasteiger partial charge in [-0.15, -0.1) is 0 Å². The zero-order chi connectivity index (χ0) is 15.5. The number of fused-ring (bicyclic) bond motifs is 1. The van der Waals surface area contributed by atoms with Gasteiger partial charge in [0, 0.05) is 11.6 Å². The van der Waals surface area contributed by atoms with Gasteiger partial charge in [-0.05, 0) is 30.5 Å². The maximum Gasteiger partial charge on any atom is 0.251 e. The van der Waals surface area contributed by atoms with Crippen molar-refractivity contribution in [3.63, 3.8) is 0 Å². The van der Waals surface area contributed by atoms with Crippen LogP contribution in [0.2, 0.25) is 0 Å². The Kier molecular flexibility index (Phi) is 4.00. The third-order valence-corrected chi connectivity index (χ3v) is 3.28. The molecule has 22 heavy (non-hydrogen) atoms. The van der Waals surface area contributed by atoms with Crippen LogP contribution in [0.15, 0.2) is 28.8 Å². The zero-order valence-corrected chi connectivity index (χ0v) is 12.6. The number of hydrogen-bond acceptors (Lipinski definition) is 5. The molecule has 1 N–H and O–H groups in total. The highest BCUT2D eigenvalue weighted by atomic mass is 16.7. The number of hydrogen-bond donors (Lipinski definition) is 1. The smallest absolute Gasteiger partial charge is 0.251 e. The summed E-state index contributed by atoms with van der Waals surface area (Å²) < 4.78 is 15.7. The van der Waals surface area contributed by atoms with E-state index in [0.717, 1.165) is 12.1 Å². The predicted molar refractivity (Wildman–Crippen MR) is 78.8 cm³/mol. The number of benzene rings is 1. The van der Waals surface area contributed by atoms with Crippen molar-refractivity contribution in [1.82, 2.24) is 10.5 Å². The largest absolute Gasteiger partial charge is 0.454 e. The van der Waals surface area contributed by atoms with Gasteiger partial charge < -0.3 is 19.3 Å². The normalized spacial score (nSPS) is 12.7. The van der Waals surface area contributed by atoms with E-state index in [9.17, 15) is 4.79 Å². The van der Waals surface area contributed by atoms with E-state index in [1.54, 1.807) is 18.2 Å². The van der Waals surface area contributed by atoms with Gasteiger partial charge in [-0.2, -0.15) is 0 Å². The summed E-state index contributed by atoms with van der Waals surface area (Å²) >= 11 is 0. The molecule has 0 saturated heterocycles. The first-order valence-corrected chi connectivity index (χ1v) is 7.24. The van der Waals surface area contributed by atoms with Gasteiger partial charge in [-0.3, -0.25) is 4.79 Å². The molecule has 0 atom stereocenters. The lowest BCUT2D eigenvalue weighted by Gasteiger charge is -2.04. The van der Waals surface area contributed by atoms with Crippen LogP contribution in [0.4, 0.5) is 0 Å². The van der Waals surface area contributed by atoms with Gasteiger partial charge >= 0.3 is 0 Å². The van der Waals surface area contributed by atoms with Crippen LogP contribution in [0.5, 0.6) is 11.5 Å². The standard InChI is InChI=1S/C16H18N2O4/c1-10(2)5-12-7-13(22-18-12)8-17-16(19)11-3-4-14-15(6-11)21-9-20-14/h3-4,6-7,10H,5,8-9H2,1-2H3,(H,17,19). The average Bonchev–Trinajstić information content (AvgIpc) is 3.12. The number of nitrogens with one attached hydrogen (secondary N) is 1. The van der Waals surface area contributed by atoms with Crippen molar-refractivity contribution in [3.8, 4) is 11.5 Å². The van der Waals surface area contributed by atoms with E-state index in [-0.39, 0.29) is 12.7 Å². The first kappa shape index (κ1) is 14.4. The Hall–Kier alpha value is -2.50. The fourth-order valence-electron chi connectivity index (χ4n) is 2.26. The SMILES string of the molecule is CC(C)Cc1cc(CNC(=O)c2ccc3c(c2)OCO3)on1. The van der Waals surface area contributed by atoms with Crippen molar-refractivity contribution < 1.29 is 18.8 Å². The van der Waals surface area contributed by atoms with Gasteiger partial charge in [0.2, 0.25) is 6.79 Å². The number of ether oxygens (including phenoxy) is 2. The fourth-order valence-corrected chi connectivity index (χ4v) is 2.26. The van der Waals surface area contributed by atoms with Gasteiger partial charge in [-0.25, -0.2) is 0 Å². The lowest BCUT2D eigenvalue weighted by Crippen LogP contribution is -2.22. The summed E-state index contributed by atoms with van der Waals surface area (Å²) in [6.45, 7) is 4.74.